The van der Waals surface area contributed by atoms with Crippen molar-refractivity contribution in [3.05, 3.63) is 33.3 Å². The van der Waals surface area contributed by atoms with Crippen LogP contribution in [0.2, 0.25) is 0 Å². The quantitative estimate of drug-likeness (QED) is 0.473. The van der Waals surface area contributed by atoms with Crippen LogP contribution in [-0.4, -0.2) is 4.98 Å². The summed E-state index contributed by atoms with van der Waals surface area (Å²) >= 11 is 8.46. The van der Waals surface area contributed by atoms with Gasteiger partial charge in [0.15, 0.2) is 3.01 Å². The fraction of sp³-hybridized carbons (Fsp3) is 0. The Labute approximate surface area is 110 Å². The minimum absolute atomic E-state index is 1.02. The molecule has 0 saturated heterocycles. The molecule has 1 nitrogen and oxygen atoms in total. The van der Waals surface area contributed by atoms with Gasteiger partial charge in [0, 0.05) is 10.3 Å². The molecule has 0 amide bonds. The molecule has 3 aromatic rings. The van der Waals surface area contributed by atoms with Crippen LogP contribution in [0.5, 0.6) is 0 Å². The molecule has 15 heavy (non-hydrogen) atoms. The van der Waals surface area contributed by atoms with Crippen molar-refractivity contribution in [3.8, 4) is 0 Å². The molecule has 0 aliphatic carbocycles. The molecule has 0 N–H and O–H groups in total. The Morgan fingerprint density at radius 1 is 1.27 bits per heavy atom. The van der Waals surface area contributed by atoms with E-state index < -0.39 is 0 Å². The summed E-state index contributed by atoms with van der Waals surface area (Å²) < 4.78 is 2.25. The summed E-state index contributed by atoms with van der Waals surface area (Å²) in [5, 5.41) is 2.42. The summed E-state index contributed by atoms with van der Waals surface area (Å²) in [5.74, 6) is 0. The number of rotatable bonds is 0. The van der Waals surface area contributed by atoms with Gasteiger partial charge in [-0.3, -0.25) is 0 Å². The molecular formula is C11H6INS2. The van der Waals surface area contributed by atoms with E-state index in [2.05, 4.69) is 58.4 Å². The predicted molar refractivity (Wildman–Crippen MR) is 77.1 cm³/mol. The average Bonchev–Trinajstić information content (AvgIpc) is 2.61. The van der Waals surface area contributed by atoms with Crippen LogP contribution >= 0.6 is 46.6 Å². The van der Waals surface area contributed by atoms with Gasteiger partial charge in [-0.05, 0) is 34.0 Å². The van der Waals surface area contributed by atoms with E-state index >= 15 is 0 Å². The Morgan fingerprint density at radius 2 is 2.07 bits per heavy atom. The van der Waals surface area contributed by atoms with E-state index in [1.54, 1.807) is 11.3 Å². The fourth-order valence-electron chi connectivity index (χ4n) is 1.70. The first-order chi connectivity index (χ1) is 7.25. The summed E-state index contributed by atoms with van der Waals surface area (Å²) in [7, 11) is 0. The predicted octanol–water partition coefficient (Wildman–Crippen LogP) is 4.34. The molecule has 0 radical (unpaired) electrons. The second-order valence-corrected chi connectivity index (χ2v) is 6.50. The van der Waals surface area contributed by atoms with Crippen molar-refractivity contribution in [2.45, 2.75) is 4.90 Å². The highest BCUT2D eigenvalue weighted by molar-refractivity contribution is 14.1. The third kappa shape index (κ3) is 1.55. The monoisotopic (exact) mass is 343 g/mol. The van der Waals surface area contributed by atoms with E-state index in [-0.39, 0.29) is 0 Å². The maximum absolute atomic E-state index is 4.56. The Morgan fingerprint density at radius 3 is 2.93 bits per heavy atom. The highest BCUT2D eigenvalue weighted by Gasteiger charge is 2.08. The van der Waals surface area contributed by atoms with Crippen molar-refractivity contribution < 1.29 is 0 Å². The second kappa shape index (κ2) is 3.61. The summed E-state index contributed by atoms with van der Waals surface area (Å²) in [6.07, 6.45) is 0. The van der Waals surface area contributed by atoms with Gasteiger partial charge in [0.05, 0.1) is 10.2 Å². The standard InChI is InChI=1S/C11H6INS2/c12-11-13-9-7-4-2-1-3-6(7)5-8(14)10(9)15-11/h1-5,14H. The molecule has 0 unspecified atom stereocenters. The van der Waals surface area contributed by atoms with Crippen LogP contribution in [0.25, 0.3) is 21.0 Å². The SMILES string of the molecule is Sc1cc2ccccc2c2nc(I)sc12. The number of thiazole rings is 1. The number of aromatic nitrogens is 1. The number of nitrogens with zero attached hydrogens (tertiary/aromatic N) is 1. The summed E-state index contributed by atoms with van der Waals surface area (Å²) in [4.78, 5) is 5.58. The highest BCUT2D eigenvalue weighted by Crippen LogP contribution is 2.34. The van der Waals surface area contributed by atoms with Crippen molar-refractivity contribution >= 4 is 67.5 Å². The van der Waals surface area contributed by atoms with Crippen LogP contribution in [0.4, 0.5) is 0 Å². The van der Waals surface area contributed by atoms with Crippen molar-refractivity contribution in [2.24, 2.45) is 0 Å². The Bertz CT molecular complexity index is 660. The third-order valence-electron chi connectivity index (χ3n) is 2.34. The van der Waals surface area contributed by atoms with E-state index in [0.717, 1.165) is 13.4 Å². The Hall–Kier alpha value is -0.330. The van der Waals surface area contributed by atoms with Crippen molar-refractivity contribution in [1.82, 2.24) is 4.98 Å². The molecule has 74 valence electrons. The van der Waals surface area contributed by atoms with Gasteiger partial charge in [-0.1, -0.05) is 24.3 Å². The molecule has 2 aromatic carbocycles. The fourth-order valence-corrected chi connectivity index (χ4v) is 3.71. The van der Waals surface area contributed by atoms with Crippen molar-refractivity contribution in [2.75, 3.05) is 0 Å². The van der Waals surface area contributed by atoms with E-state index in [4.69, 9.17) is 0 Å². The average molecular weight is 343 g/mol. The molecule has 0 aliphatic rings. The molecular weight excluding hydrogens is 337 g/mol. The lowest BCUT2D eigenvalue weighted by atomic mass is 10.1. The molecule has 0 fully saturated rings. The third-order valence-corrected chi connectivity index (χ3v) is 4.62. The zero-order valence-electron chi connectivity index (χ0n) is 7.57. The van der Waals surface area contributed by atoms with Crippen LogP contribution in [0, 0.1) is 3.01 Å². The first kappa shape index (κ1) is 9.86. The van der Waals surface area contributed by atoms with Crippen molar-refractivity contribution in [3.63, 3.8) is 0 Å². The van der Waals surface area contributed by atoms with Gasteiger partial charge in [0.25, 0.3) is 0 Å². The van der Waals surface area contributed by atoms with E-state index in [1.807, 2.05) is 12.1 Å². The van der Waals surface area contributed by atoms with Crippen molar-refractivity contribution in [1.29, 1.82) is 0 Å². The molecule has 0 saturated carbocycles. The first-order valence-electron chi connectivity index (χ1n) is 4.42. The number of fused-ring (bicyclic) bond motifs is 3. The van der Waals surface area contributed by atoms with Gasteiger partial charge in [-0.2, -0.15) is 0 Å². The van der Waals surface area contributed by atoms with Crippen LogP contribution < -0.4 is 0 Å². The smallest absolute Gasteiger partial charge is 0.155 e. The zero-order chi connectivity index (χ0) is 10.4. The van der Waals surface area contributed by atoms with Crippen LogP contribution in [0.3, 0.4) is 0 Å². The number of thiol groups is 1. The largest absolute Gasteiger partial charge is 0.229 e. The van der Waals surface area contributed by atoms with Crippen LogP contribution in [0.15, 0.2) is 35.2 Å². The van der Waals surface area contributed by atoms with E-state index in [9.17, 15) is 0 Å². The lowest BCUT2D eigenvalue weighted by molar-refractivity contribution is 1.45. The molecule has 4 heteroatoms. The Kier molecular flexibility index (Phi) is 2.37. The lowest BCUT2D eigenvalue weighted by Gasteiger charge is -2.00. The summed E-state index contributed by atoms with van der Waals surface area (Å²) in [5.41, 5.74) is 1.08. The van der Waals surface area contributed by atoms with Gasteiger partial charge in [-0.25, -0.2) is 4.98 Å². The lowest BCUT2D eigenvalue weighted by Crippen LogP contribution is -1.76. The number of halogens is 1. The van der Waals surface area contributed by atoms with Gasteiger partial charge in [-0.15, -0.1) is 24.0 Å². The molecule has 3 rings (SSSR count). The van der Waals surface area contributed by atoms with Gasteiger partial charge < -0.3 is 0 Å². The molecule has 1 aromatic heterocycles. The second-order valence-electron chi connectivity index (χ2n) is 3.26. The van der Waals surface area contributed by atoms with Gasteiger partial charge in [0.1, 0.15) is 0 Å². The summed E-state index contributed by atoms with van der Waals surface area (Å²) in [6, 6.07) is 10.4. The normalized spacial score (nSPS) is 11.3. The van der Waals surface area contributed by atoms with E-state index in [0.29, 0.717) is 0 Å². The minimum atomic E-state index is 1.02. The maximum Gasteiger partial charge on any atom is 0.155 e. The number of hydrogen-bond donors (Lipinski definition) is 1. The summed E-state index contributed by atoms with van der Waals surface area (Å²) in [6.45, 7) is 0. The highest BCUT2D eigenvalue weighted by atomic mass is 127. The van der Waals surface area contributed by atoms with Crippen LogP contribution in [-0.2, 0) is 0 Å². The minimum Gasteiger partial charge on any atom is -0.229 e. The molecule has 0 spiro atoms. The van der Waals surface area contributed by atoms with Gasteiger partial charge in [0.2, 0.25) is 0 Å². The molecule has 0 bridgehead atoms. The van der Waals surface area contributed by atoms with Crippen LogP contribution in [0.1, 0.15) is 0 Å². The molecule has 0 atom stereocenters. The molecule has 0 aliphatic heterocycles. The van der Waals surface area contributed by atoms with E-state index in [1.165, 1.54) is 15.5 Å². The molecule has 1 heterocycles. The Balaban J connectivity index is 2.63. The maximum atomic E-state index is 4.56. The number of benzene rings is 2. The first-order valence-corrected chi connectivity index (χ1v) is 6.77. The number of hydrogen-bond acceptors (Lipinski definition) is 3. The topological polar surface area (TPSA) is 12.9 Å². The zero-order valence-corrected chi connectivity index (χ0v) is 11.4. The van der Waals surface area contributed by atoms with Gasteiger partial charge >= 0.3 is 0 Å².